The monoisotopic (exact) mass is 239 g/mol. The lowest BCUT2D eigenvalue weighted by Crippen LogP contribution is -2.42. The van der Waals surface area contributed by atoms with Crippen LogP contribution in [0.2, 0.25) is 0 Å². The molecule has 1 heterocycles. The fraction of sp³-hybridized carbons (Fsp3) is 0.538. The molecule has 3 heteroatoms. The van der Waals surface area contributed by atoms with E-state index in [0.29, 0.717) is 0 Å². The SMILES string of the molecule is OC[C@@H]1CCN(Cc2ccccc2)C[C@@H]1Cl. The molecule has 1 aliphatic heterocycles. The van der Waals surface area contributed by atoms with E-state index < -0.39 is 0 Å². The Bertz CT molecular complexity index is 317. The van der Waals surface area contributed by atoms with E-state index in [-0.39, 0.29) is 17.9 Å². The first-order chi connectivity index (χ1) is 7.79. The van der Waals surface area contributed by atoms with Gasteiger partial charge in [0.1, 0.15) is 0 Å². The van der Waals surface area contributed by atoms with E-state index in [9.17, 15) is 0 Å². The summed E-state index contributed by atoms with van der Waals surface area (Å²) < 4.78 is 0. The molecule has 1 N–H and O–H groups in total. The smallest absolute Gasteiger partial charge is 0.0513 e. The number of nitrogens with zero attached hydrogens (tertiary/aromatic N) is 1. The Morgan fingerprint density at radius 1 is 1.31 bits per heavy atom. The lowest BCUT2D eigenvalue weighted by Gasteiger charge is -2.34. The van der Waals surface area contributed by atoms with Crippen molar-refractivity contribution >= 4 is 11.6 Å². The minimum atomic E-state index is 0.0856. The number of likely N-dealkylation sites (tertiary alicyclic amines) is 1. The number of benzene rings is 1. The van der Waals surface area contributed by atoms with E-state index in [0.717, 1.165) is 26.1 Å². The summed E-state index contributed by atoms with van der Waals surface area (Å²) in [5.41, 5.74) is 1.33. The molecule has 0 aliphatic carbocycles. The Morgan fingerprint density at radius 3 is 2.69 bits per heavy atom. The lowest BCUT2D eigenvalue weighted by molar-refractivity contribution is 0.131. The summed E-state index contributed by atoms with van der Waals surface area (Å²) in [5, 5.41) is 9.22. The van der Waals surface area contributed by atoms with Crippen LogP contribution in [0.1, 0.15) is 12.0 Å². The molecular weight excluding hydrogens is 222 g/mol. The van der Waals surface area contributed by atoms with Gasteiger partial charge in [0.15, 0.2) is 0 Å². The zero-order valence-electron chi connectivity index (χ0n) is 9.35. The number of rotatable bonds is 3. The zero-order valence-corrected chi connectivity index (χ0v) is 10.1. The Kier molecular flexibility index (Phi) is 4.22. The van der Waals surface area contributed by atoms with Crippen molar-refractivity contribution in [1.82, 2.24) is 4.90 Å². The fourth-order valence-corrected chi connectivity index (χ4v) is 2.61. The van der Waals surface area contributed by atoms with Gasteiger partial charge in [-0.25, -0.2) is 0 Å². The minimum Gasteiger partial charge on any atom is -0.396 e. The van der Waals surface area contributed by atoms with Gasteiger partial charge >= 0.3 is 0 Å². The van der Waals surface area contributed by atoms with Crippen molar-refractivity contribution in [1.29, 1.82) is 0 Å². The van der Waals surface area contributed by atoms with Gasteiger partial charge in [-0.05, 0) is 18.5 Å². The predicted molar refractivity (Wildman–Crippen MR) is 66.6 cm³/mol. The zero-order chi connectivity index (χ0) is 11.4. The van der Waals surface area contributed by atoms with Crippen LogP contribution in [-0.2, 0) is 6.54 Å². The van der Waals surface area contributed by atoms with Gasteiger partial charge in [0.25, 0.3) is 0 Å². The molecule has 1 fully saturated rings. The maximum atomic E-state index is 9.13. The van der Waals surface area contributed by atoms with Gasteiger partial charge in [-0.15, -0.1) is 11.6 Å². The molecule has 0 unspecified atom stereocenters. The second-order valence-corrected chi connectivity index (χ2v) is 5.03. The van der Waals surface area contributed by atoms with Crippen molar-refractivity contribution in [3.8, 4) is 0 Å². The molecule has 1 aliphatic rings. The van der Waals surface area contributed by atoms with Crippen LogP contribution in [0, 0.1) is 5.92 Å². The van der Waals surface area contributed by atoms with E-state index >= 15 is 0 Å². The maximum Gasteiger partial charge on any atom is 0.0513 e. The van der Waals surface area contributed by atoms with Gasteiger partial charge in [-0.1, -0.05) is 30.3 Å². The Balaban J connectivity index is 1.89. The standard InChI is InChI=1S/C13H18ClNO/c14-13-9-15(7-6-12(13)10-16)8-11-4-2-1-3-5-11/h1-5,12-13,16H,6-10H2/t12-,13-/m0/s1. The van der Waals surface area contributed by atoms with E-state index in [1.807, 2.05) is 6.07 Å². The maximum absolute atomic E-state index is 9.13. The number of halogens is 1. The summed E-state index contributed by atoms with van der Waals surface area (Å²) in [4.78, 5) is 2.36. The summed E-state index contributed by atoms with van der Waals surface area (Å²) in [7, 11) is 0. The van der Waals surface area contributed by atoms with Gasteiger partial charge in [0.2, 0.25) is 0 Å². The molecule has 1 aromatic rings. The average Bonchev–Trinajstić information content (AvgIpc) is 2.31. The third kappa shape index (κ3) is 2.97. The Hall–Kier alpha value is -0.570. The number of aliphatic hydroxyl groups is 1. The minimum absolute atomic E-state index is 0.0856. The lowest BCUT2D eigenvalue weighted by atomic mass is 9.97. The second-order valence-electron chi connectivity index (χ2n) is 4.47. The number of hydrogen-bond acceptors (Lipinski definition) is 2. The van der Waals surface area contributed by atoms with E-state index in [4.69, 9.17) is 16.7 Å². The van der Waals surface area contributed by atoms with E-state index in [1.165, 1.54) is 5.56 Å². The van der Waals surface area contributed by atoms with Crippen LogP contribution in [0.3, 0.4) is 0 Å². The molecule has 0 saturated carbocycles. The number of alkyl halides is 1. The van der Waals surface area contributed by atoms with Gasteiger partial charge in [-0.2, -0.15) is 0 Å². The summed E-state index contributed by atoms with van der Waals surface area (Å²) in [5.74, 6) is 0.272. The van der Waals surface area contributed by atoms with Gasteiger partial charge in [0, 0.05) is 25.6 Å². The fourth-order valence-electron chi connectivity index (χ4n) is 2.21. The van der Waals surface area contributed by atoms with E-state index in [2.05, 4.69) is 29.2 Å². The van der Waals surface area contributed by atoms with E-state index in [1.54, 1.807) is 0 Å². The van der Waals surface area contributed by atoms with Crippen molar-refractivity contribution in [2.24, 2.45) is 5.92 Å². The summed E-state index contributed by atoms with van der Waals surface area (Å²) in [6.07, 6.45) is 0.998. The highest BCUT2D eigenvalue weighted by atomic mass is 35.5. The first kappa shape index (κ1) is 11.9. The normalized spacial score (nSPS) is 26.9. The second kappa shape index (κ2) is 5.67. The highest BCUT2D eigenvalue weighted by Crippen LogP contribution is 2.23. The van der Waals surface area contributed by atoms with Crippen LogP contribution < -0.4 is 0 Å². The molecule has 2 rings (SSSR count). The number of piperidine rings is 1. The van der Waals surface area contributed by atoms with Crippen molar-refractivity contribution < 1.29 is 5.11 Å². The van der Waals surface area contributed by atoms with Crippen LogP contribution >= 0.6 is 11.6 Å². The topological polar surface area (TPSA) is 23.5 Å². The third-order valence-corrected chi connectivity index (χ3v) is 3.74. The highest BCUT2D eigenvalue weighted by molar-refractivity contribution is 6.21. The van der Waals surface area contributed by atoms with Crippen LogP contribution in [0.5, 0.6) is 0 Å². The van der Waals surface area contributed by atoms with Gasteiger partial charge in [0.05, 0.1) is 5.38 Å². The Morgan fingerprint density at radius 2 is 2.06 bits per heavy atom. The van der Waals surface area contributed by atoms with Crippen LogP contribution in [-0.4, -0.2) is 35.1 Å². The number of aliphatic hydroxyl groups excluding tert-OH is 1. The predicted octanol–water partition coefficient (Wildman–Crippen LogP) is 2.11. The third-order valence-electron chi connectivity index (χ3n) is 3.24. The molecule has 0 bridgehead atoms. The van der Waals surface area contributed by atoms with Crippen molar-refractivity contribution in [3.63, 3.8) is 0 Å². The van der Waals surface area contributed by atoms with Crippen LogP contribution in [0.4, 0.5) is 0 Å². The summed E-state index contributed by atoms with van der Waals surface area (Å²) >= 11 is 6.24. The average molecular weight is 240 g/mol. The highest BCUT2D eigenvalue weighted by Gasteiger charge is 2.26. The Labute approximate surface area is 102 Å². The molecule has 2 atom stereocenters. The van der Waals surface area contributed by atoms with Gasteiger partial charge < -0.3 is 5.11 Å². The quantitative estimate of drug-likeness (QED) is 0.817. The molecule has 88 valence electrons. The summed E-state index contributed by atoms with van der Waals surface area (Å²) in [6, 6.07) is 10.4. The molecule has 1 saturated heterocycles. The van der Waals surface area contributed by atoms with Crippen LogP contribution in [0.25, 0.3) is 0 Å². The molecule has 16 heavy (non-hydrogen) atoms. The molecule has 0 aromatic heterocycles. The summed E-state index contributed by atoms with van der Waals surface area (Å²) in [6.45, 7) is 3.08. The van der Waals surface area contributed by atoms with Crippen molar-refractivity contribution in [2.45, 2.75) is 18.3 Å². The first-order valence-electron chi connectivity index (χ1n) is 5.81. The first-order valence-corrected chi connectivity index (χ1v) is 6.24. The molecule has 1 aromatic carbocycles. The molecular formula is C13H18ClNO. The molecule has 0 spiro atoms. The number of hydrogen-bond donors (Lipinski definition) is 1. The molecule has 0 radical (unpaired) electrons. The molecule has 2 nitrogen and oxygen atoms in total. The van der Waals surface area contributed by atoms with Gasteiger partial charge in [-0.3, -0.25) is 4.90 Å². The van der Waals surface area contributed by atoms with Crippen LogP contribution in [0.15, 0.2) is 30.3 Å². The van der Waals surface area contributed by atoms with Crippen molar-refractivity contribution in [2.75, 3.05) is 19.7 Å². The largest absolute Gasteiger partial charge is 0.396 e. The molecule has 0 amide bonds. The van der Waals surface area contributed by atoms with Crippen molar-refractivity contribution in [3.05, 3.63) is 35.9 Å².